The van der Waals surface area contributed by atoms with Crippen LogP contribution < -0.4 is 10.2 Å². The number of rotatable bonds is 2. The molecule has 0 unspecified atom stereocenters. The SMILES string of the molecule is Cc1ccc(C2=C[C@@H]3c4ccccc4OC4(CCC(c5ccccc5)CC4)N3N2)o1. The molecule has 4 heteroatoms. The lowest BCUT2D eigenvalue weighted by Gasteiger charge is -2.51. The number of nitrogens with zero attached hydrogens (tertiary/aromatic N) is 1. The van der Waals surface area contributed by atoms with Crippen LogP contribution in [-0.4, -0.2) is 10.7 Å². The van der Waals surface area contributed by atoms with Gasteiger partial charge < -0.3 is 14.6 Å². The molecule has 1 fully saturated rings. The van der Waals surface area contributed by atoms with Gasteiger partial charge in [0.2, 0.25) is 0 Å². The Morgan fingerprint density at radius 2 is 1.70 bits per heavy atom. The number of hydrogen-bond acceptors (Lipinski definition) is 4. The van der Waals surface area contributed by atoms with Crippen LogP contribution in [0.25, 0.3) is 5.70 Å². The topological polar surface area (TPSA) is 37.6 Å². The van der Waals surface area contributed by atoms with Gasteiger partial charge in [-0.2, -0.15) is 5.01 Å². The van der Waals surface area contributed by atoms with Crippen LogP contribution in [0.1, 0.15) is 60.3 Å². The van der Waals surface area contributed by atoms with E-state index in [2.05, 4.69) is 71.1 Å². The number of nitrogens with one attached hydrogen (secondary N) is 1. The number of hydrogen-bond donors (Lipinski definition) is 1. The van der Waals surface area contributed by atoms with Crippen molar-refractivity contribution >= 4 is 5.70 Å². The zero-order valence-corrected chi connectivity index (χ0v) is 17.2. The normalized spacial score (nSPS) is 27.7. The molecular formula is C26H26N2O2. The van der Waals surface area contributed by atoms with E-state index in [1.165, 1.54) is 11.1 Å². The highest BCUT2D eigenvalue weighted by Gasteiger charge is 2.51. The summed E-state index contributed by atoms with van der Waals surface area (Å²) in [5.74, 6) is 3.41. The number of fused-ring (bicyclic) bond motifs is 4. The van der Waals surface area contributed by atoms with Crippen LogP contribution in [0, 0.1) is 6.92 Å². The van der Waals surface area contributed by atoms with E-state index in [9.17, 15) is 0 Å². The number of furan rings is 1. The summed E-state index contributed by atoms with van der Waals surface area (Å²) >= 11 is 0. The van der Waals surface area contributed by atoms with E-state index >= 15 is 0 Å². The summed E-state index contributed by atoms with van der Waals surface area (Å²) in [7, 11) is 0. The number of para-hydroxylation sites is 1. The van der Waals surface area contributed by atoms with Crippen molar-refractivity contribution in [2.24, 2.45) is 0 Å². The van der Waals surface area contributed by atoms with Gasteiger partial charge in [-0.15, -0.1) is 0 Å². The summed E-state index contributed by atoms with van der Waals surface area (Å²) in [6, 6.07) is 23.5. The fourth-order valence-electron chi connectivity index (χ4n) is 5.31. The maximum Gasteiger partial charge on any atom is 0.180 e. The van der Waals surface area contributed by atoms with Gasteiger partial charge >= 0.3 is 0 Å². The summed E-state index contributed by atoms with van der Waals surface area (Å²) in [5.41, 5.74) is 6.99. The van der Waals surface area contributed by atoms with E-state index in [1.807, 2.05) is 19.1 Å². The second-order valence-corrected chi connectivity index (χ2v) is 8.69. The summed E-state index contributed by atoms with van der Waals surface area (Å²) in [6.07, 6.45) is 6.49. The molecule has 3 heterocycles. The number of aryl methyl sites for hydroxylation is 1. The van der Waals surface area contributed by atoms with Crippen LogP contribution in [0.2, 0.25) is 0 Å². The molecule has 0 bridgehead atoms. The van der Waals surface area contributed by atoms with Gasteiger partial charge in [-0.05, 0) is 55.5 Å². The van der Waals surface area contributed by atoms with Gasteiger partial charge in [0.15, 0.2) is 11.5 Å². The molecule has 3 aliphatic rings. The molecule has 1 saturated carbocycles. The molecule has 1 aromatic heterocycles. The van der Waals surface area contributed by atoms with E-state index in [-0.39, 0.29) is 11.8 Å². The van der Waals surface area contributed by atoms with Crippen LogP contribution in [0.3, 0.4) is 0 Å². The summed E-state index contributed by atoms with van der Waals surface area (Å²) in [6.45, 7) is 1.98. The molecule has 2 aliphatic heterocycles. The quantitative estimate of drug-likeness (QED) is 0.580. The lowest BCUT2D eigenvalue weighted by atomic mass is 9.78. The highest BCUT2D eigenvalue weighted by atomic mass is 16.5. The van der Waals surface area contributed by atoms with E-state index < -0.39 is 0 Å². The Kier molecular flexibility index (Phi) is 4.03. The van der Waals surface area contributed by atoms with Gasteiger partial charge in [0, 0.05) is 18.4 Å². The summed E-state index contributed by atoms with van der Waals surface area (Å²) in [5, 5.41) is 2.34. The van der Waals surface area contributed by atoms with E-state index in [0.29, 0.717) is 5.92 Å². The van der Waals surface area contributed by atoms with Gasteiger partial charge in [-0.3, -0.25) is 0 Å². The molecule has 0 radical (unpaired) electrons. The Hall–Kier alpha value is -2.98. The van der Waals surface area contributed by atoms with Gasteiger partial charge in [0.1, 0.15) is 11.5 Å². The standard InChI is InChI=1S/C26H26N2O2/c1-18-11-12-25(29-18)22-17-23-21-9-5-6-10-24(21)30-26(28(23)27-22)15-13-20(14-16-26)19-7-3-2-4-8-19/h2-12,17,20,23,27H,13-16H2,1H3/t20?,23-,26?/m1/s1. The highest BCUT2D eigenvalue weighted by Crippen LogP contribution is 2.51. The molecule has 0 amide bonds. The lowest BCUT2D eigenvalue weighted by Crippen LogP contribution is -2.60. The van der Waals surface area contributed by atoms with Crippen LogP contribution in [0.15, 0.2) is 77.2 Å². The fourth-order valence-corrected chi connectivity index (χ4v) is 5.31. The molecule has 0 saturated heterocycles. The van der Waals surface area contributed by atoms with Crippen molar-refractivity contribution in [3.05, 3.63) is 95.5 Å². The predicted octanol–water partition coefficient (Wildman–Crippen LogP) is 5.94. The molecule has 6 rings (SSSR count). The average molecular weight is 399 g/mol. The van der Waals surface area contributed by atoms with Crippen molar-refractivity contribution in [3.63, 3.8) is 0 Å². The molecule has 1 N–H and O–H groups in total. The maximum absolute atomic E-state index is 6.75. The third-order valence-electron chi connectivity index (χ3n) is 6.86. The number of ether oxygens (including phenoxy) is 1. The zero-order valence-electron chi connectivity index (χ0n) is 17.2. The molecule has 3 aromatic rings. The first kappa shape index (κ1) is 17.8. The number of hydrazine groups is 1. The second-order valence-electron chi connectivity index (χ2n) is 8.69. The Morgan fingerprint density at radius 3 is 2.47 bits per heavy atom. The van der Waals surface area contributed by atoms with E-state index in [0.717, 1.165) is 48.7 Å². The minimum atomic E-state index is -0.343. The van der Waals surface area contributed by atoms with Crippen molar-refractivity contribution in [2.75, 3.05) is 0 Å². The Morgan fingerprint density at radius 1 is 0.933 bits per heavy atom. The molecule has 1 atom stereocenters. The summed E-state index contributed by atoms with van der Waals surface area (Å²) < 4.78 is 12.7. The van der Waals surface area contributed by atoms with Crippen molar-refractivity contribution in [1.82, 2.24) is 10.4 Å². The Bertz CT molecular complexity index is 1090. The van der Waals surface area contributed by atoms with Crippen LogP contribution in [-0.2, 0) is 0 Å². The fraction of sp³-hybridized carbons (Fsp3) is 0.308. The number of benzene rings is 2. The van der Waals surface area contributed by atoms with Gasteiger partial charge in [-0.1, -0.05) is 48.5 Å². The molecule has 1 spiro atoms. The Labute approximate surface area is 177 Å². The first-order valence-corrected chi connectivity index (χ1v) is 10.9. The van der Waals surface area contributed by atoms with Gasteiger partial charge in [0.05, 0.1) is 11.7 Å². The maximum atomic E-state index is 6.75. The van der Waals surface area contributed by atoms with Crippen LogP contribution >= 0.6 is 0 Å². The summed E-state index contributed by atoms with van der Waals surface area (Å²) in [4.78, 5) is 0. The van der Waals surface area contributed by atoms with Crippen molar-refractivity contribution in [2.45, 2.75) is 50.3 Å². The van der Waals surface area contributed by atoms with Crippen LogP contribution in [0.5, 0.6) is 5.75 Å². The molecule has 152 valence electrons. The molecular weight excluding hydrogens is 372 g/mol. The smallest absolute Gasteiger partial charge is 0.180 e. The lowest BCUT2D eigenvalue weighted by molar-refractivity contribution is -0.152. The second kappa shape index (κ2) is 6.78. The van der Waals surface area contributed by atoms with E-state index in [1.54, 1.807) is 0 Å². The largest absolute Gasteiger partial charge is 0.471 e. The zero-order chi connectivity index (χ0) is 20.1. The van der Waals surface area contributed by atoms with Gasteiger partial charge in [-0.25, -0.2) is 0 Å². The Balaban J connectivity index is 1.33. The average Bonchev–Trinajstić information content (AvgIpc) is 3.42. The van der Waals surface area contributed by atoms with Crippen molar-refractivity contribution < 1.29 is 9.15 Å². The predicted molar refractivity (Wildman–Crippen MR) is 117 cm³/mol. The third kappa shape index (κ3) is 2.78. The minimum Gasteiger partial charge on any atom is -0.471 e. The molecule has 4 nitrogen and oxygen atoms in total. The third-order valence-corrected chi connectivity index (χ3v) is 6.86. The monoisotopic (exact) mass is 398 g/mol. The van der Waals surface area contributed by atoms with Crippen molar-refractivity contribution in [1.29, 1.82) is 0 Å². The first-order chi connectivity index (χ1) is 14.7. The van der Waals surface area contributed by atoms with Gasteiger partial charge in [0.25, 0.3) is 0 Å². The minimum absolute atomic E-state index is 0.142. The van der Waals surface area contributed by atoms with Crippen molar-refractivity contribution in [3.8, 4) is 5.75 Å². The first-order valence-electron chi connectivity index (χ1n) is 10.9. The molecule has 30 heavy (non-hydrogen) atoms. The highest BCUT2D eigenvalue weighted by molar-refractivity contribution is 5.64. The van der Waals surface area contributed by atoms with Crippen LogP contribution in [0.4, 0.5) is 0 Å². The molecule has 1 aliphatic carbocycles. The molecule has 2 aromatic carbocycles. The van der Waals surface area contributed by atoms with E-state index in [4.69, 9.17) is 9.15 Å².